The minimum atomic E-state index is -0.445. The fourth-order valence-corrected chi connectivity index (χ4v) is 1.19. The first-order chi connectivity index (χ1) is 6.41. The molecule has 0 heterocycles. The van der Waals surface area contributed by atoms with Gasteiger partial charge in [0.1, 0.15) is 5.83 Å². The summed E-state index contributed by atoms with van der Waals surface area (Å²) in [7, 11) is 0. The summed E-state index contributed by atoms with van der Waals surface area (Å²) in [4.78, 5) is 0. The lowest BCUT2D eigenvalue weighted by molar-refractivity contribution is 0.627. The van der Waals surface area contributed by atoms with Gasteiger partial charge in [-0.3, -0.25) is 0 Å². The van der Waals surface area contributed by atoms with Crippen LogP contribution in [0.1, 0.15) is 13.8 Å². The van der Waals surface area contributed by atoms with Gasteiger partial charge in [0.25, 0.3) is 0 Å². The normalized spacial score (nSPS) is 22.5. The Labute approximate surface area is 84.8 Å². The Bertz CT molecular complexity index is 351. The van der Waals surface area contributed by atoms with Gasteiger partial charge in [0.2, 0.25) is 0 Å². The molecule has 0 unspecified atom stereocenters. The molecule has 1 rings (SSSR count). The SMILES string of the molecule is C=C(F)/C=C1/C=CC(C)(C)C=CC1=C. The van der Waals surface area contributed by atoms with Crippen molar-refractivity contribution in [2.45, 2.75) is 13.8 Å². The first kappa shape index (κ1) is 10.7. The van der Waals surface area contributed by atoms with E-state index in [-0.39, 0.29) is 5.41 Å². The van der Waals surface area contributed by atoms with Crippen molar-refractivity contribution < 1.29 is 4.39 Å². The summed E-state index contributed by atoms with van der Waals surface area (Å²) in [6, 6.07) is 0. The average molecular weight is 190 g/mol. The second-order valence-electron chi connectivity index (χ2n) is 4.06. The molecule has 0 radical (unpaired) electrons. The Balaban J connectivity index is 3.08. The highest BCUT2D eigenvalue weighted by Crippen LogP contribution is 2.27. The summed E-state index contributed by atoms with van der Waals surface area (Å²) in [5.41, 5.74) is 1.58. The lowest BCUT2D eigenvalue weighted by atomic mass is 9.93. The van der Waals surface area contributed by atoms with Crippen molar-refractivity contribution in [3.63, 3.8) is 0 Å². The zero-order chi connectivity index (χ0) is 10.8. The van der Waals surface area contributed by atoms with E-state index in [1.54, 1.807) is 0 Å². The maximum atomic E-state index is 12.6. The third-order valence-corrected chi connectivity index (χ3v) is 2.09. The molecule has 74 valence electrons. The van der Waals surface area contributed by atoms with Gasteiger partial charge in [0.15, 0.2) is 0 Å². The molecule has 0 aromatic rings. The zero-order valence-corrected chi connectivity index (χ0v) is 8.68. The molecule has 0 nitrogen and oxygen atoms in total. The molecular weight excluding hydrogens is 175 g/mol. The molecular formula is C13H15F. The molecule has 0 atom stereocenters. The molecule has 0 saturated heterocycles. The molecule has 0 fully saturated rings. The van der Waals surface area contributed by atoms with Crippen LogP contribution in [0.15, 0.2) is 60.5 Å². The summed E-state index contributed by atoms with van der Waals surface area (Å²) in [6.45, 7) is 11.2. The lowest BCUT2D eigenvalue weighted by Gasteiger charge is -2.11. The van der Waals surface area contributed by atoms with E-state index in [0.29, 0.717) is 0 Å². The molecule has 0 aliphatic heterocycles. The quantitative estimate of drug-likeness (QED) is 0.584. The fourth-order valence-electron chi connectivity index (χ4n) is 1.19. The number of rotatable bonds is 1. The van der Waals surface area contributed by atoms with Gasteiger partial charge in [-0.1, -0.05) is 51.3 Å². The third-order valence-electron chi connectivity index (χ3n) is 2.09. The van der Waals surface area contributed by atoms with Gasteiger partial charge in [0.05, 0.1) is 0 Å². The van der Waals surface area contributed by atoms with E-state index >= 15 is 0 Å². The van der Waals surface area contributed by atoms with Crippen molar-refractivity contribution >= 4 is 0 Å². The second-order valence-corrected chi connectivity index (χ2v) is 4.06. The predicted octanol–water partition coefficient (Wildman–Crippen LogP) is 4.10. The highest BCUT2D eigenvalue weighted by atomic mass is 19.1. The molecule has 14 heavy (non-hydrogen) atoms. The van der Waals surface area contributed by atoms with E-state index in [4.69, 9.17) is 0 Å². The molecule has 1 aliphatic rings. The molecule has 0 N–H and O–H groups in total. The molecule has 0 aromatic carbocycles. The average Bonchev–Trinajstić information content (AvgIpc) is 2.17. The van der Waals surface area contributed by atoms with Crippen LogP contribution in [-0.2, 0) is 0 Å². The Morgan fingerprint density at radius 1 is 1.36 bits per heavy atom. The van der Waals surface area contributed by atoms with E-state index in [0.717, 1.165) is 11.1 Å². The monoisotopic (exact) mass is 190 g/mol. The van der Waals surface area contributed by atoms with Gasteiger partial charge in [-0.05, 0) is 17.2 Å². The van der Waals surface area contributed by atoms with Crippen molar-refractivity contribution in [2.75, 3.05) is 0 Å². The number of halogens is 1. The maximum Gasteiger partial charge on any atom is 0.116 e. The largest absolute Gasteiger partial charge is 0.208 e. The molecule has 1 heteroatoms. The van der Waals surface area contributed by atoms with E-state index in [9.17, 15) is 4.39 Å². The highest BCUT2D eigenvalue weighted by Gasteiger charge is 2.12. The van der Waals surface area contributed by atoms with Gasteiger partial charge >= 0.3 is 0 Å². The van der Waals surface area contributed by atoms with Crippen LogP contribution in [-0.4, -0.2) is 0 Å². The van der Waals surface area contributed by atoms with E-state index in [2.05, 4.69) is 27.0 Å². The van der Waals surface area contributed by atoms with E-state index in [1.807, 2.05) is 24.3 Å². The summed E-state index contributed by atoms with van der Waals surface area (Å²) in [6.07, 6.45) is 9.26. The van der Waals surface area contributed by atoms with Crippen molar-refractivity contribution in [3.8, 4) is 0 Å². The summed E-state index contributed by atoms with van der Waals surface area (Å²) in [5.74, 6) is -0.445. The van der Waals surface area contributed by atoms with Crippen LogP contribution in [0.25, 0.3) is 0 Å². The predicted molar refractivity (Wildman–Crippen MR) is 59.5 cm³/mol. The summed E-state index contributed by atoms with van der Waals surface area (Å²) >= 11 is 0. The van der Waals surface area contributed by atoms with Crippen LogP contribution in [0.4, 0.5) is 4.39 Å². The van der Waals surface area contributed by atoms with Gasteiger partial charge in [-0.25, -0.2) is 4.39 Å². The van der Waals surface area contributed by atoms with Gasteiger partial charge in [-0.2, -0.15) is 0 Å². The number of hydrogen-bond acceptors (Lipinski definition) is 0. The third kappa shape index (κ3) is 2.84. The molecule has 0 amide bonds. The Hall–Kier alpha value is -1.37. The summed E-state index contributed by atoms with van der Waals surface area (Å²) in [5, 5.41) is 0. The smallest absolute Gasteiger partial charge is 0.116 e. The van der Waals surface area contributed by atoms with E-state index in [1.165, 1.54) is 6.08 Å². The number of hydrogen-bond donors (Lipinski definition) is 0. The van der Waals surface area contributed by atoms with E-state index < -0.39 is 5.83 Å². The van der Waals surface area contributed by atoms with Crippen molar-refractivity contribution in [2.24, 2.45) is 5.41 Å². The maximum absolute atomic E-state index is 12.6. The Morgan fingerprint density at radius 2 is 1.93 bits per heavy atom. The first-order valence-corrected chi connectivity index (χ1v) is 4.54. The first-order valence-electron chi connectivity index (χ1n) is 4.54. The molecule has 0 bridgehead atoms. The van der Waals surface area contributed by atoms with Crippen LogP contribution < -0.4 is 0 Å². The van der Waals surface area contributed by atoms with Gasteiger partial charge in [-0.15, -0.1) is 0 Å². The highest BCUT2D eigenvalue weighted by molar-refractivity contribution is 5.49. The van der Waals surface area contributed by atoms with Crippen molar-refractivity contribution in [3.05, 3.63) is 60.5 Å². The van der Waals surface area contributed by atoms with Crippen LogP contribution in [0.5, 0.6) is 0 Å². The number of allylic oxidation sites excluding steroid dienone is 8. The van der Waals surface area contributed by atoms with Crippen LogP contribution in [0.2, 0.25) is 0 Å². The molecule has 0 saturated carbocycles. The van der Waals surface area contributed by atoms with Crippen LogP contribution >= 0.6 is 0 Å². The molecule has 1 aliphatic carbocycles. The van der Waals surface area contributed by atoms with Crippen molar-refractivity contribution in [1.29, 1.82) is 0 Å². The molecule has 0 spiro atoms. The van der Waals surface area contributed by atoms with Crippen LogP contribution in [0.3, 0.4) is 0 Å². The summed E-state index contributed by atoms with van der Waals surface area (Å²) < 4.78 is 12.6. The standard InChI is InChI=1S/C13H15F/c1-10-5-7-13(3,4)8-6-12(10)9-11(2)14/h5-9H,1-2H2,3-4H3/b12-9-. The minimum absolute atomic E-state index is 0.00379. The van der Waals surface area contributed by atoms with Gasteiger partial charge in [0, 0.05) is 5.41 Å². The van der Waals surface area contributed by atoms with Crippen LogP contribution in [0, 0.1) is 5.41 Å². The lowest BCUT2D eigenvalue weighted by Crippen LogP contribution is -2.00. The minimum Gasteiger partial charge on any atom is -0.208 e. The second kappa shape index (κ2) is 3.79. The topological polar surface area (TPSA) is 0 Å². The molecule has 0 aromatic heterocycles. The fraction of sp³-hybridized carbons (Fsp3) is 0.231. The Morgan fingerprint density at radius 3 is 2.50 bits per heavy atom. The van der Waals surface area contributed by atoms with Crippen molar-refractivity contribution in [1.82, 2.24) is 0 Å². The Kier molecular flexibility index (Phi) is 2.90. The van der Waals surface area contributed by atoms with Gasteiger partial charge < -0.3 is 0 Å². The zero-order valence-electron chi connectivity index (χ0n) is 8.68.